The molecule has 1 fully saturated rings. The fourth-order valence-electron chi connectivity index (χ4n) is 2.77. The van der Waals surface area contributed by atoms with Gasteiger partial charge in [0.2, 0.25) is 0 Å². The fraction of sp³-hybridized carbons (Fsp3) is 0.615. The standard InChI is InChI=1S/C13H18N2OS/c16-12(10-3-1-2-4-10)6-5-11-9-15-7-8-17-13(15)14-11/h7-10,12,16H,1-6H2. The highest BCUT2D eigenvalue weighted by Gasteiger charge is 2.22. The van der Waals surface area contributed by atoms with Gasteiger partial charge in [0.25, 0.3) is 0 Å². The smallest absolute Gasteiger partial charge is 0.193 e. The average molecular weight is 250 g/mol. The molecule has 2 aromatic rings. The summed E-state index contributed by atoms with van der Waals surface area (Å²) in [4.78, 5) is 5.59. The van der Waals surface area contributed by atoms with Crippen molar-refractivity contribution in [3.05, 3.63) is 23.5 Å². The van der Waals surface area contributed by atoms with Crippen LogP contribution in [0.25, 0.3) is 4.96 Å². The van der Waals surface area contributed by atoms with E-state index >= 15 is 0 Å². The quantitative estimate of drug-likeness (QED) is 0.906. The summed E-state index contributed by atoms with van der Waals surface area (Å²) in [6, 6.07) is 0. The molecule has 0 radical (unpaired) electrons. The lowest BCUT2D eigenvalue weighted by atomic mass is 9.96. The molecule has 1 unspecified atom stereocenters. The van der Waals surface area contributed by atoms with Crippen LogP contribution in [0.1, 0.15) is 37.8 Å². The van der Waals surface area contributed by atoms with E-state index in [1.54, 1.807) is 11.3 Å². The van der Waals surface area contributed by atoms with Crippen LogP contribution in [-0.4, -0.2) is 20.6 Å². The number of hydrogen-bond acceptors (Lipinski definition) is 3. The second-order valence-corrected chi connectivity index (χ2v) is 5.85. The van der Waals surface area contributed by atoms with Gasteiger partial charge in [-0.1, -0.05) is 12.8 Å². The normalized spacial score (nSPS) is 19.1. The van der Waals surface area contributed by atoms with Crippen molar-refractivity contribution < 1.29 is 5.11 Å². The van der Waals surface area contributed by atoms with E-state index < -0.39 is 0 Å². The first-order chi connectivity index (χ1) is 8.33. The molecule has 92 valence electrons. The molecule has 0 aromatic carbocycles. The molecule has 2 heterocycles. The number of hydrogen-bond donors (Lipinski definition) is 1. The van der Waals surface area contributed by atoms with E-state index in [-0.39, 0.29) is 6.10 Å². The van der Waals surface area contributed by atoms with Crippen molar-refractivity contribution >= 4 is 16.3 Å². The zero-order valence-corrected chi connectivity index (χ0v) is 10.7. The summed E-state index contributed by atoms with van der Waals surface area (Å²) < 4.78 is 2.06. The Morgan fingerprint density at radius 2 is 2.29 bits per heavy atom. The van der Waals surface area contributed by atoms with Gasteiger partial charge in [0.1, 0.15) is 0 Å². The van der Waals surface area contributed by atoms with Crippen molar-refractivity contribution in [2.75, 3.05) is 0 Å². The Bertz CT molecular complexity index is 456. The summed E-state index contributed by atoms with van der Waals surface area (Å²) >= 11 is 1.66. The number of aliphatic hydroxyl groups is 1. The highest BCUT2D eigenvalue weighted by atomic mass is 32.1. The fourth-order valence-corrected chi connectivity index (χ4v) is 3.49. The third-order valence-corrected chi connectivity index (χ3v) is 4.55. The summed E-state index contributed by atoms with van der Waals surface area (Å²) in [5, 5.41) is 12.1. The van der Waals surface area contributed by atoms with Gasteiger partial charge in [-0.05, 0) is 31.6 Å². The molecule has 4 heteroatoms. The molecule has 17 heavy (non-hydrogen) atoms. The molecule has 1 saturated carbocycles. The molecule has 1 atom stereocenters. The lowest BCUT2D eigenvalue weighted by Crippen LogP contribution is -2.18. The number of imidazole rings is 1. The van der Waals surface area contributed by atoms with Crippen LogP contribution in [0, 0.1) is 5.92 Å². The van der Waals surface area contributed by atoms with Gasteiger partial charge < -0.3 is 5.11 Å². The molecule has 0 spiro atoms. The second kappa shape index (κ2) is 4.78. The number of aromatic nitrogens is 2. The van der Waals surface area contributed by atoms with Gasteiger partial charge >= 0.3 is 0 Å². The van der Waals surface area contributed by atoms with Gasteiger partial charge in [0.05, 0.1) is 11.8 Å². The van der Waals surface area contributed by atoms with Crippen LogP contribution < -0.4 is 0 Å². The van der Waals surface area contributed by atoms with Gasteiger partial charge in [0, 0.05) is 17.8 Å². The second-order valence-electron chi connectivity index (χ2n) is 4.98. The van der Waals surface area contributed by atoms with Crippen molar-refractivity contribution in [2.24, 2.45) is 5.92 Å². The Labute approximate surface area is 105 Å². The van der Waals surface area contributed by atoms with Gasteiger partial charge in [0.15, 0.2) is 4.96 Å². The van der Waals surface area contributed by atoms with Crippen LogP contribution in [0.3, 0.4) is 0 Å². The summed E-state index contributed by atoms with van der Waals surface area (Å²) in [6.45, 7) is 0. The van der Waals surface area contributed by atoms with Crippen molar-refractivity contribution in [2.45, 2.75) is 44.6 Å². The van der Waals surface area contributed by atoms with Gasteiger partial charge in [-0.3, -0.25) is 4.40 Å². The van der Waals surface area contributed by atoms with Crippen LogP contribution in [0.2, 0.25) is 0 Å². The first-order valence-electron chi connectivity index (χ1n) is 6.42. The third-order valence-electron chi connectivity index (χ3n) is 3.78. The Kier molecular flexibility index (Phi) is 3.16. The molecule has 1 N–H and O–H groups in total. The minimum absolute atomic E-state index is 0.128. The third kappa shape index (κ3) is 2.38. The molecule has 0 saturated heterocycles. The maximum atomic E-state index is 10.1. The summed E-state index contributed by atoms with van der Waals surface area (Å²) in [5.74, 6) is 0.540. The molecule has 0 bridgehead atoms. The van der Waals surface area contributed by atoms with E-state index in [2.05, 4.69) is 15.6 Å². The largest absolute Gasteiger partial charge is 0.393 e. The van der Waals surface area contributed by atoms with Crippen molar-refractivity contribution in [1.29, 1.82) is 0 Å². The van der Waals surface area contributed by atoms with E-state index in [1.165, 1.54) is 25.7 Å². The van der Waals surface area contributed by atoms with Crippen molar-refractivity contribution in [3.63, 3.8) is 0 Å². The Hall–Kier alpha value is -0.870. The minimum atomic E-state index is -0.128. The number of rotatable bonds is 4. The summed E-state index contributed by atoms with van der Waals surface area (Å²) in [6.07, 6.45) is 10.7. The number of fused-ring (bicyclic) bond motifs is 1. The Morgan fingerprint density at radius 1 is 1.47 bits per heavy atom. The van der Waals surface area contributed by atoms with Crippen LogP contribution in [0.15, 0.2) is 17.8 Å². The lowest BCUT2D eigenvalue weighted by Gasteiger charge is -2.16. The van der Waals surface area contributed by atoms with Crippen LogP contribution >= 0.6 is 11.3 Å². The maximum Gasteiger partial charge on any atom is 0.193 e. The lowest BCUT2D eigenvalue weighted by molar-refractivity contribution is 0.102. The van der Waals surface area contributed by atoms with Gasteiger partial charge in [-0.15, -0.1) is 11.3 Å². The van der Waals surface area contributed by atoms with Gasteiger partial charge in [-0.25, -0.2) is 4.98 Å². The number of aliphatic hydroxyl groups excluding tert-OH is 1. The molecule has 0 amide bonds. The number of thiazole rings is 1. The number of nitrogens with zero attached hydrogens (tertiary/aromatic N) is 2. The van der Waals surface area contributed by atoms with Crippen LogP contribution in [0.5, 0.6) is 0 Å². The predicted octanol–water partition coefficient (Wildman–Crippen LogP) is 2.88. The van der Waals surface area contributed by atoms with Crippen molar-refractivity contribution in [1.82, 2.24) is 9.38 Å². The SMILES string of the molecule is OC(CCc1cn2ccsc2n1)C1CCCC1. The molecular weight excluding hydrogens is 232 g/mol. The summed E-state index contributed by atoms with van der Waals surface area (Å²) in [7, 11) is 0. The Morgan fingerprint density at radius 3 is 3.06 bits per heavy atom. The molecule has 0 aliphatic heterocycles. The van der Waals surface area contributed by atoms with Crippen LogP contribution in [0.4, 0.5) is 0 Å². The van der Waals surface area contributed by atoms with E-state index in [0.717, 1.165) is 23.5 Å². The van der Waals surface area contributed by atoms with E-state index in [4.69, 9.17) is 0 Å². The minimum Gasteiger partial charge on any atom is -0.393 e. The predicted molar refractivity (Wildman–Crippen MR) is 69.4 cm³/mol. The average Bonchev–Trinajstić information content (AvgIpc) is 3.01. The van der Waals surface area contributed by atoms with E-state index in [0.29, 0.717) is 5.92 Å². The van der Waals surface area contributed by atoms with E-state index in [1.807, 2.05) is 11.6 Å². The van der Waals surface area contributed by atoms with Crippen LogP contribution in [-0.2, 0) is 6.42 Å². The Balaban J connectivity index is 1.58. The molecular formula is C13H18N2OS. The first kappa shape index (κ1) is 11.2. The molecule has 1 aliphatic carbocycles. The highest BCUT2D eigenvalue weighted by Crippen LogP contribution is 2.29. The number of aryl methyl sites for hydroxylation is 1. The zero-order chi connectivity index (χ0) is 11.7. The maximum absolute atomic E-state index is 10.1. The first-order valence-corrected chi connectivity index (χ1v) is 7.30. The molecule has 3 nitrogen and oxygen atoms in total. The molecule has 3 rings (SSSR count). The van der Waals surface area contributed by atoms with Gasteiger partial charge in [-0.2, -0.15) is 0 Å². The monoisotopic (exact) mass is 250 g/mol. The molecule has 1 aliphatic rings. The van der Waals surface area contributed by atoms with Crippen molar-refractivity contribution in [3.8, 4) is 0 Å². The summed E-state index contributed by atoms with van der Waals surface area (Å²) in [5.41, 5.74) is 1.11. The zero-order valence-electron chi connectivity index (χ0n) is 9.88. The molecule has 2 aromatic heterocycles. The van der Waals surface area contributed by atoms with E-state index in [9.17, 15) is 5.11 Å². The topological polar surface area (TPSA) is 37.5 Å². The highest BCUT2D eigenvalue weighted by molar-refractivity contribution is 7.15.